The topological polar surface area (TPSA) is 21.4 Å². The maximum Gasteiger partial charge on any atom is 0.0619 e. The van der Waals surface area contributed by atoms with Crippen molar-refractivity contribution in [3.63, 3.8) is 0 Å². The number of hydrogen-bond donors (Lipinski definition) is 1. The van der Waals surface area contributed by atoms with E-state index in [1.54, 1.807) is 0 Å². The molecule has 272 valence electrons. The quantitative estimate of drug-likeness (QED) is 0.181. The number of nitrogens with one attached hydrogen (secondary N) is 1. The van der Waals surface area contributed by atoms with Gasteiger partial charge >= 0.3 is 0 Å². The number of nitrogens with zero attached hydrogens (tertiary/aromatic N) is 2. The molecule has 3 nitrogen and oxygen atoms in total. The summed E-state index contributed by atoms with van der Waals surface area (Å²) >= 11 is 0. The standard InChI is InChI=1S/C54H41N3/c1-33-14-4-5-17-37(33)52(35-28-29-39-38-18-6-8-23-44(38)54(2,3)45(39)31-35)55-32-34-15-10-16-36(30-34)56-47-25-12-20-41-43-22-11-21-42-40-19-7-9-24-46(40)57(53(42)43)49-27-13-26-48(56)51(49)50(41)47/h4-31,52,55H,32H2,1-3H3. The van der Waals surface area contributed by atoms with Gasteiger partial charge in [0, 0.05) is 44.6 Å². The number of para-hydroxylation sites is 2. The van der Waals surface area contributed by atoms with Gasteiger partial charge in [-0.05, 0) is 93.2 Å². The fraction of sp³-hybridized carbons (Fsp3) is 0.111. The molecule has 3 aromatic heterocycles. The minimum atomic E-state index is -0.0579. The lowest BCUT2D eigenvalue weighted by Gasteiger charge is -2.26. The summed E-state index contributed by atoms with van der Waals surface area (Å²) in [4.78, 5) is 0. The second kappa shape index (κ2) is 11.9. The van der Waals surface area contributed by atoms with Crippen LogP contribution in [0.5, 0.6) is 0 Å². The highest BCUT2D eigenvalue weighted by molar-refractivity contribution is 6.31. The number of aromatic nitrogens is 2. The smallest absolute Gasteiger partial charge is 0.0619 e. The maximum absolute atomic E-state index is 4.06. The predicted molar refractivity (Wildman–Crippen MR) is 239 cm³/mol. The van der Waals surface area contributed by atoms with E-state index in [2.05, 4.69) is 205 Å². The Balaban J connectivity index is 0.996. The van der Waals surface area contributed by atoms with Crippen molar-refractivity contribution in [2.45, 2.75) is 38.8 Å². The van der Waals surface area contributed by atoms with Gasteiger partial charge in [0.2, 0.25) is 0 Å². The maximum atomic E-state index is 4.06. The van der Waals surface area contributed by atoms with Crippen LogP contribution in [-0.2, 0) is 12.0 Å². The second-order valence-corrected chi connectivity index (χ2v) is 16.6. The Morgan fingerprint density at radius 2 is 1.18 bits per heavy atom. The zero-order chi connectivity index (χ0) is 38.0. The summed E-state index contributed by atoms with van der Waals surface area (Å²) in [6, 6.07) is 63.4. The van der Waals surface area contributed by atoms with Gasteiger partial charge < -0.3 is 14.3 Å². The third-order valence-corrected chi connectivity index (χ3v) is 13.1. The van der Waals surface area contributed by atoms with Crippen molar-refractivity contribution in [3.8, 4) is 16.8 Å². The number of rotatable bonds is 6. The van der Waals surface area contributed by atoms with Crippen LogP contribution >= 0.6 is 0 Å². The lowest BCUT2D eigenvalue weighted by Crippen LogP contribution is -2.24. The molecular formula is C54H41N3. The molecule has 57 heavy (non-hydrogen) atoms. The molecule has 1 aliphatic rings. The van der Waals surface area contributed by atoms with E-state index in [9.17, 15) is 0 Å². The van der Waals surface area contributed by atoms with Crippen molar-refractivity contribution in [1.29, 1.82) is 0 Å². The van der Waals surface area contributed by atoms with Gasteiger partial charge in [-0.1, -0.05) is 147 Å². The molecule has 0 radical (unpaired) electrons. The summed E-state index contributed by atoms with van der Waals surface area (Å²) in [5.41, 5.74) is 18.0. The molecule has 3 heterocycles. The van der Waals surface area contributed by atoms with Crippen molar-refractivity contribution < 1.29 is 0 Å². The van der Waals surface area contributed by atoms with E-state index in [1.165, 1.54) is 110 Å². The first-order valence-corrected chi connectivity index (χ1v) is 20.2. The molecule has 0 spiro atoms. The second-order valence-electron chi connectivity index (χ2n) is 16.6. The molecule has 0 fully saturated rings. The summed E-state index contributed by atoms with van der Waals surface area (Å²) in [7, 11) is 0. The highest BCUT2D eigenvalue weighted by Gasteiger charge is 2.36. The molecular weight excluding hydrogens is 691 g/mol. The van der Waals surface area contributed by atoms with Gasteiger partial charge in [-0.25, -0.2) is 0 Å². The highest BCUT2D eigenvalue weighted by Crippen LogP contribution is 2.49. The fourth-order valence-corrected chi connectivity index (χ4v) is 10.5. The van der Waals surface area contributed by atoms with Crippen molar-refractivity contribution in [3.05, 3.63) is 203 Å². The molecule has 0 saturated heterocycles. The molecule has 0 bridgehead atoms. The van der Waals surface area contributed by atoms with Crippen molar-refractivity contribution in [2.24, 2.45) is 0 Å². The molecule has 1 unspecified atom stereocenters. The Labute approximate surface area is 331 Å². The van der Waals surface area contributed by atoms with Crippen molar-refractivity contribution >= 4 is 59.9 Å². The largest absolute Gasteiger partial charge is 0.309 e. The zero-order valence-electron chi connectivity index (χ0n) is 32.3. The van der Waals surface area contributed by atoms with E-state index < -0.39 is 0 Å². The van der Waals surface area contributed by atoms with Gasteiger partial charge in [0.25, 0.3) is 0 Å². The van der Waals surface area contributed by atoms with E-state index in [1.807, 2.05) is 0 Å². The van der Waals surface area contributed by atoms with Gasteiger partial charge in [-0.2, -0.15) is 0 Å². The summed E-state index contributed by atoms with van der Waals surface area (Å²) in [6.07, 6.45) is 0. The van der Waals surface area contributed by atoms with Gasteiger partial charge in [-0.15, -0.1) is 0 Å². The van der Waals surface area contributed by atoms with Crippen LogP contribution in [0.4, 0.5) is 0 Å². The van der Waals surface area contributed by atoms with Gasteiger partial charge in [0.1, 0.15) is 0 Å². The van der Waals surface area contributed by atoms with Gasteiger partial charge in [-0.3, -0.25) is 0 Å². The molecule has 11 aromatic rings. The molecule has 1 N–H and O–H groups in total. The Hall–Kier alpha value is -6.68. The first-order valence-electron chi connectivity index (χ1n) is 20.2. The average Bonchev–Trinajstić information content (AvgIpc) is 3.81. The number of fused-ring (bicyclic) bond motifs is 8. The summed E-state index contributed by atoms with van der Waals surface area (Å²) in [5.74, 6) is 0. The Morgan fingerprint density at radius 1 is 0.526 bits per heavy atom. The lowest BCUT2D eigenvalue weighted by atomic mass is 9.81. The molecule has 12 rings (SSSR count). The van der Waals surface area contributed by atoms with Crippen LogP contribution in [0.15, 0.2) is 170 Å². The first kappa shape index (κ1) is 32.6. The van der Waals surface area contributed by atoms with Crippen molar-refractivity contribution in [2.75, 3.05) is 0 Å². The molecule has 0 aliphatic heterocycles. The minimum Gasteiger partial charge on any atom is -0.309 e. The number of aryl methyl sites for hydroxylation is 1. The van der Waals surface area contributed by atoms with E-state index in [0.717, 1.165) is 6.54 Å². The molecule has 1 aliphatic carbocycles. The minimum absolute atomic E-state index is 0.0316. The SMILES string of the molecule is Cc1ccccc1C(NCc1cccc(-n2c3cccc4c5cccc6c7ccccc7n(c7cccc2c7c43)c56)c1)c1ccc2c(c1)C(C)(C)c1ccccc1-2. The normalized spacial score (nSPS) is 14.1. The van der Waals surface area contributed by atoms with Crippen LogP contribution < -0.4 is 5.32 Å². The summed E-state index contributed by atoms with van der Waals surface area (Å²) in [6.45, 7) is 7.69. The summed E-state index contributed by atoms with van der Waals surface area (Å²) < 4.78 is 4.99. The molecule has 8 aromatic carbocycles. The molecule has 1 atom stereocenters. The van der Waals surface area contributed by atoms with Crippen LogP contribution in [-0.4, -0.2) is 8.97 Å². The van der Waals surface area contributed by atoms with Gasteiger partial charge in [0.05, 0.1) is 33.6 Å². The molecule has 3 heteroatoms. The first-order chi connectivity index (χ1) is 28.0. The lowest BCUT2D eigenvalue weighted by molar-refractivity contribution is 0.598. The molecule has 0 saturated carbocycles. The predicted octanol–water partition coefficient (Wildman–Crippen LogP) is 13.4. The fourth-order valence-electron chi connectivity index (χ4n) is 10.5. The van der Waals surface area contributed by atoms with E-state index in [4.69, 9.17) is 0 Å². The third kappa shape index (κ3) is 4.52. The van der Waals surface area contributed by atoms with Crippen molar-refractivity contribution in [1.82, 2.24) is 14.3 Å². The van der Waals surface area contributed by atoms with Crippen LogP contribution in [0.2, 0.25) is 0 Å². The van der Waals surface area contributed by atoms with Crippen LogP contribution in [0.25, 0.3) is 76.7 Å². The Morgan fingerprint density at radius 3 is 2.07 bits per heavy atom. The van der Waals surface area contributed by atoms with E-state index >= 15 is 0 Å². The number of hydrogen-bond acceptors (Lipinski definition) is 1. The zero-order valence-corrected chi connectivity index (χ0v) is 32.3. The summed E-state index contributed by atoms with van der Waals surface area (Å²) in [5, 5.41) is 11.8. The third-order valence-electron chi connectivity index (χ3n) is 13.1. The Bertz CT molecular complexity index is 3410. The van der Waals surface area contributed by atoms with E-state index in [0.29, 0.717) is 0 Å². The average molecular weight is 732 g/mol. The van der Waals surface area contributed by atoms with Crippen LogP contribution in [0, 0.1) is 6.92 Å². The molecule has 0 amide bonds. The Kier molecular flexibility index (Phi) is 6.80. The van der Waals surface area contributed by atoms with Gasteiger partial charge in [0.15, 0.2) is 0 Å². The monoisotopic (exact) mass is 731 g/mol. The highest BCUT2D eigenvalue weighted by atomic mass is 15.0. The van der Waals surface area contributed by atoms with E-state index in [-0.39, 0.29) is 11.5 Å². The van der Waals surface area contributed by atoms with Crippen LogP contribution in [0.3, 0.4) is 0 Å². The number of benzene rings is 8. The van der Waals surface area contributed by atoms with Crippen LogP contribution in [0.1, 0.15) is 53.3 Å².